The molecule has 5 N–H and O–H groups in total. The van der Waals surface area contributed by atoms with Crippen molar-refractivity contribution in [3.05, 3.63) is 35.7 Å². The average molecular weight is 325 g/mol. The summed E-state index contributed by atoms with van der Waals surface area (Å²) in [6, 6.07) is 5.60. The van der Waals surface area contributed by atoms with E-state index in [1.165, 1.54) is 6.33 Å². The Balaban J connectivity index is 2.10. The molecule has 0 atom stereocenters. The molecular weight excluding hydrogens is 306 g/mol. The second-order valence-corrected chi connectivity index (χ2v) is 5.60. The number of rotatable bonds is 5. The van der Waals surface area contributed by atoms with Gasteiger partial charge in [-0.25, -0.2) is 9.97 Å². The molecule has 24 heavy (non-hydrogen) atoms. The number of oxazole rings is 1. The summed E-state index contributed by atoms with van der Waals surface area (Å²) in [4.78, 5) is 12.6. The van der Waals surface area contributed by atoms with Crippen molar-refractivity contribution in [3.8, 4) is 0 Å². The van der Waals surface area contributed by atoms with Gasteiger partial charge >= 0.3 is 0 Å². The molecule has 2 heterocycles. The highest BCUT2D eigenvalue weighted by atomic mass is 16.4. The first kappa shape index (κ1) is 15.7. The molecule has 0 bridgehead atoms. The SMILES string of the molecule is CNc1ncnc(NC(C)C)c1C(=N)c1ccc2nc(N)oc2c1. The molecule has 0 saturated carbocycles. The summed E-state index contributed by atoms with van der Waals surface area (Å²) >= 11 is 0. The van der Waals surface area contributed by atoms with Crippen molar-refractivity contribution >= 4 is 34.5 Å². The van der Waals surface area contributed by atoms with Crippen molar-refractivity contribution in [2.45, 2.75) is 19.9 Å². The molecule has 0 aliphatic rings. The lowest BCUT2D eigenvalue weighted by Crippen LogP contribution is -2.17. The number of nitrogens with two attached hydrogens (primary N) is 1. The van der Waals surface area contributed by atoms with Crippen LogP contribution in [0.4, 0.5) is 17.7 Å². The zero-order valence-electron chi connectivity index (χ0n) is 13.7. The van der Waals surface area contributed by atoms with Gasteiger partial charge in [0.1, 0.15) is 23.5 Å². The number of nitrogen functional groups attached to an aromatic ring is 1. The number of nitrogens with one attached hydrogen (secondary N) is 3. The first-order valence-corrected chi connectivity index (χ1v) is 7.54. The Bertz CT molecular complexity index is 901. The molecule has 124 valence electrons. The van der Waals surface area contributed by atoms with Crippen LogP contribution >= 0.6 is 0 Å². The largest absolute Gasteiger partial charge is 0.424 e. The van der Waals surface area contributed by atoms with Crippen LogP contribution in [0, 0.1) is 5.41 Å². The van der Waals surface area contributed by atoms with E-state index in [4.69, 9.17) is 15.6 Å². The van der Waals surface area contributed by atoms with Crippen LogP contribution in [0.1, 0.15) is 25.0 Å². The minimum absolute atomic E-state index is 0.106. The number of hydrogen-bond acceptors (Lipinski definition) is 8. The third kappa shape index (κ3) is 2.85. The van der Waals surface area contributed by atoms with E-state index in [1.807, 2.05) is 13.8 Å². The van der Waals surface area contributed by atoms with Crippen LogP contribution in [0.15, 0.2) is 28.9 Å². The van der Waals surface area contributed by atoms with E-state index in [9.17, 15) is 0 Å². The number of benzene rings is 1. The van der Waals surface area contributed by atoms with Gasteiger partial charge in [-0.1, -0.05) is 6.07 Å². The lowest BCUT2D eigenvalue weighted by Gasteiger charge is -2.16. The number of nitrogens with zero attached hydrogens (tertiary/aromatic N) is 3. The molecule has 0 amide bonds. The van der Waals surface area contributed by atoms with E-state index in [0.717, 1.165) is 0 Å². The van der Waals surface area contributed by atoms with Gasteiger partial charge in [-0.3, -0.25) is 5.41 Å². The molecule has 0 fully saturated rings. The maximum atomic E-state index is 8.63. The van der Waals surface area contributed by atoms with Gasteiger partial charge in [0.25, 0.3) is 6.01 Å². The van der Waals surface area contributed by atoms with Crippen LogP contribution in [0.25, 0.3) is 11.1 Å². The molecule has 0 aliphatic carbocycles. The van der Waals surface area contributed by atoms with Crippen LogP contribution in [-0.4, -0.2) is 33.8 Å². The van der Waals surface area contributed by atoms with Gasteiger partial charge in [0.2, 0.25) is 0 Å². The van der Waals surface area contributed by atoms with Crippen molar-refractivity contribution in [3.63, 3.8) is 0 Å². The van der Waals surface area contributed by atoms with Crippen molar-refractivity contribution in [1.29, 1.82) is 5.41 Å². The first-order valence-electron chi connectivity index (χ1n) is 7.54. The Morgan fingerprint density at radius 2 is 2.00 bits per heavy atom. The molecule has 8 nitrogen and oxygen atoms in total. The molecule has 0 saturated heterocycles. The van der Waals surface area contributed by atoms with Crippen molar-refractivity contribution < 1.29 is 4.42 Å². The summed E-state index contributed by atoms with van der Waals surface area (Å²) in [5.41, 5.74) is 8.31. The van der Waals surface area contributed by atoms with Gasteiger partial charge in [-0.2, -0.15) is 4.98 Å². The Kier molecular flexibility index (Phi) is 4.03. The van der Waals surface area contributed by atoms with Crippen LogP contribution in [0.2, 0.25) is 0 Å². The second kappa shape index (κ2) is 6.15. The minimum atomic E-state index is 0.106. The van der Waals surface area contributed by atoms with Gasteiger partial charge in [0.05, 0.1) is 11.3 Å². The number of fused-ring (bicyclic) bond motifs is 1. The lowest BCUT2D eigenvalue weighted by molar-refractivity contribution is 0.626. The highest BCUT2D eigenvalue weighted by Gasteiger charge is 2.18. The Hall–Kier alpha value is -3.16. The van der Waals surface area contributed by atoms with Gasteiger partial charge in [-0.15, -0.1) is 0 Å². The third-order valence-electron chi connectivity index (χ3n) is 3.45. The number of anilines is 3. The smallest absolute Gasteiger partial charge is 0.292 e. The van der Waals surface area contributed by atoms with E-state index in [2.05, 4.69) is 25.6 Å². The molecule has 0 spiro atoms. The van der Waals surface area contributed by atoms with Crippen LogP contribution in [-0.2, 0) is 0 Å². The monoisotopic (exact) mass is 325 g/mol. The first-order chi connectivity index (χ1) is 11.5. The van der Waals surface area contributed by atoms with Crippen LogP contribution < -0.4 is 16.4 Å². The van der Waals surface area contributed by atoms with Crippen molar-refractivity contribution in [2.75, 3.05) is 23.4 Å². The van der Waals surface area contributed by atoms with Gasteiger partial charge in [0.15, 0.2) is 5.58 Å². The normalized spacial score (nSPS) is 11.0. The quantitative estimate of drug-likeness (QED) is 0.531. The summed E-state index contributed by atoms with van der Waals surface area (Å²) in [6.45, 7) is 4.02. The molecule has 3 aromatic rings. The number of aromatic nitrogens is 3. The predicted octanol–water partition coefficient (Wildman–Crippen LogP) is 2.48. The molecular formula is C16H19N7O. The summed E-state index contributed by atoms with van der Waals surface area (Å²) in [5, 5.41) is 14.9. The maximum absolute atomic E-state index is 8.63. The van der Waals surface area contributed by atoms with E-state index in [-0.39, 0.29) is 17.8 Å². The highest BCUT2D eigenvalue weighted by molar-refractivity contribution is 6.17. The topological polar surface area (TPSA) is 126 Å². The Morgan fingerprint density at radius 1 is 1.25 bits per heavy atom. The second-order valence-electron chi connectivity index (χ2n) is 5.60. The van der Waals surface area contributed by atoms with Crippen LogP contribution in [0.3, 0.4) is 0 Å². The molecule has 3 rings (SSSR count). The highest BCUT2D eigenvalue weighted by Crippen LogP contribution is 2.26. The van der Waals surface area contributed by atoms with Crippen molar-refractivity contribution in [2.24, 2.45) is 0 Å². The summed E-state index contributed by atoms with van der Waals surface area (Å²) in [5.74, 6) is 1.18. The molecule has 8 heteroatoms. The van der Waals surface area contributed by atoms with E-state index < -0.39 is 0 Å². The predicted molar refractivity (Wildman–Crippen MR) is 94.7 cm³/mol. The van der Waals surface area contributed by atoms with E-state index in [0.29, 0.717) is 33.9 Å². The number of hydrogen-bond donors (Lipinski definition) is 4. The van der Waals surface area contributed by atoms with E-state index >= 15 is 0 Å². The summed E-state index contributed by atoms with van der Waals surface area (Å²) < 4.78 is 5.35. The lowest BCUT2D eigenvalue weighted by atomic mass is 10.0. The van der Waals surface area contributed by atoms with Crippen LogP contribution in [0.5, 0.6) is 0 Å². The average Bonchev–Trinajstić information content (AvgIpc) is 2.92. The zero-order valence-corrected chi connectivity index (χ0v) is 13.7. The van der Waals surface area contributed by atoms with Crippen molar-refractivity contribution in [1.82, 2.24) is 15.0 Å². The Labute approximate surface area is 139 Å². The fraction of sp³-hybridized carbons (Fsp3) is 0.250. The van der Waals surface area contributed by atoms with Gasteiger partial charge in [0, 0.05) is 18.7 Å². The molecule has 0 unspecified atom stereocenters. The molecule has 1 aromatic carbocycles. The fourth-order valence-electron chi connectivity index (χ4n) is 2.44. The molecule has 0 aliphatic heterocycles. The third-order valence-corrected chi connectivity index (χ3v) is 3.45. The van der Waals surface area contributed by atoms with E-state index in [1.54, 1.807) is 25.2 Å². The zero-order chi connectivity index (χ0) is 17.3. The summed E-state index contributed by atoms with van der Waals surface area (Å²) in [7, 11) is 1.76. The van der Waals surface area contributed by atoms with Gasteiger partial charge in [-0.05, 0) is 26.0 Å². The maximum Gasteiger partial charge on any atom is 0.292 e. The minimum Gasteiger partial charge on any atom is -0.424 e. The fourth-order valence-corrected chi connectivity index (χ4v) is 2.44. The standard InChI is InChI=1S/C16H19N7O/c1-8(2)22-15-12(14(19-3)20-7-21-15)13(17)9-4-5-10-11(6-9)24-16(18)23-10/h4-8,17H,1-3H3,(H2,18,23)(H2,19,20,21,22). The molecule has 0 radical (unpaired) electrons. The van der Waals surface area contributed by atoms with Gasteiger partial charge < -0.3 is 20.8 Å². The summed E-state index contributed by atoms with van der Waals surface area (Å²) in [6.07, 6.45) is 1.47. The molecule has 2 aromatic heterocycles. The Morgan fingerprint density at radius 3 is 2.71 bits per heavy atom.